The summed E-state index contributed by atoms with van der Waals surface area (Å²) in [5, 5.41) is 3.53. The minimum absolute atomic E-state index is 0.0631. The van der Waals surface area contributed by atoms with E-state index in [-0.39, 0.29) is 5.41 Å². The summed E-state index contributed by atoms with van der Waals surface area (Å²) in [4.78, 5) is 15.0. The van der Waals surface area contributed by atoms with Crippen LogP contribution in [0, 0.1) is 5.41 Å². The van der Waals surface area contributed by atoms with Crippen LogP contribution in [0.1, 0.15) is 65.2 Å². The zero-order chi connectivity index (χ0) is 13.7. The fraction of sp³-hybridized carbons (Fsp3) is 0.938. The highest BCUT2D eigenvalue weighted by Gasteiger charge is 2.39. The van der Waals surface area contributed by atoms with Gasteiger partial charge in [0.15, 0.2) is 0 Å². The van der Waals surface area contributed by atoms with E-state index in [1.54, 1.807) is 0 Å². The van der Waals surface area contributed by atoms with Crippen molar-refractivity contribution >= 4 is 5.91 Å². The SMILES string of the molecule is CCCCN(CC1CCCN1)C(=O)C1(C)CCCC1. The molecule has 1 saturated heterocycles. The first-order valence-electron chi connectivity index (χ1n) is 8.18. The van der Waals surface area contributed by atoms with Crippen LogP contribution in [0.2, 0.25) is 0 Å². The monoisotopic (exact) mass is 266 g/mol. The van der Waals surface area contributed by atoms with Gasteiger partial charge < -0.3 is 10.2 Å². The maximum Gasteiger partial charge on any atom is 0.228 e. The molecular weight excluding hydrogens is 236 g/mol. The molecule has 0 aromatic heterocycles. The standard InChI is InChI=1S/C16H30N2O/c1-3-4-12-18(13-14-8-7-11-17-14)15(19)16(2)9-5-6-10-16/h14,17H,3-13H2,1-2H3. The van der Waals surface area contributed by atoms with Gasteiger partial charge in [-0.15, -0.1) is 0 Å². The highest BCUT2D eigenvalue weighted by atomic mass is 16.2. The predicted octanol–water partition coefficient (Wildman–Crippen LogP) is 2.95. The number of unbranched alkanes of at least 4 members (excludes halogenated alkanes) is 1. The molecule has 1 atom stereocenters. The molecule has 1 aliphatic heterocycles. The fourth-order valence-electron chi connectivity index (χ4n) is 3.55. The average Bonchev–Trinajstić information content (AvgIpc) is 3.06. The average molecular weight is 266 g/mol. The van der Waals surface area contributed by atoms with E-state index < -0.39 is 0 Å². The van der Waals surface area contributed by atoms with Crippen molar-refractivity contribution in [2.45, 2.75) is 71.3 Å². The van der Waals surface area contributed by atoms with E-state index in [0.717, 1.165) is 38.9 Å². The Hall–Kier alpha value is -0.570. The van der Waals surface area contributed by atoms with Crippen molar-refractivity contribution in [2.24, 2.45) is 5.41 Å². The Morgan fingerprint density at radius 1 is 1.32 bits per heavy atom. The van der Waals surface area contributed by atoms with E-state index in [1.807, 2.05) is 0 Å². The largest absolute Gasteiger partial charge is 0.341 e. The number of hydrogen-bond donors (Lipinski definition) is 1. The summed E-state index contributed by atoms with van der Waals surface area (Å²) >= 11 is 0. The van der Waals surface area contributed by atoms with Crippen LogP contribution in [0.25, 0.3) is 0 Å². The smallest absolute Gasteiger partial charge is 0.228 e. The summed E-state index contributed by atoms with van der Waals surface area (Å²) in [7, 11) is 0. The predicted molar refractivity (Wildman–Crippen MR) is 79.1 cm³/mol. The van der Waals surface area contributed by atoms with Gasteiger partial charge in [0.05, 0.1) is 0 Å². The summed E-state index contributed by atoms with van der Waals surface area (Å²) in [5.41, 5.74) is -0.0631. The molecule has 1 saturated carbocycles. The highest BCUT2D eigenvalue weighted by molar-refractivity contribution is 5.82. The van der Waals surface area contributed by atoms with Gasteiger partial charge in [-0.05, 0) is 38.6 Å². The van der Waals surface area contributed by atoms with Crippen LogP contribution in [-0.4, -0.2) is 36.5 Å². The molecule has 2 aliphatic rings. The summed E-state index contributed by atoms with van der Waals surface area (Å²) in [6.45, 7) is 7.38. The Bertz CT molecular complexity index is 291. The van der Waals surface area contributed by atoms with Crippen LogP contribution >= 0.6 is 0 Å². The minimum atomic E-state index is -0.0631. The lowest BCUT2D eigenvalue weighted by atomic mass is 9.87. The highest BCUT2D eigenvalue weighted by Crippen LogP contribution is 2.39. The first-order chi connectivity index (χ1) is 9.15. The van der Waals surface area contributed by atoms with Gasteiger partial charge in [-0.2, -0.15) is 0 Å². The Morgan fingerprint density at radius 3 is 2.63 bits per heavy atom. The molecule has 0 bridgehead atoms. The lowest BCUT2D eigenvalue weighted by Gasteiger charge is -2.33. The number of carbonyl (C=O) groups is 1. The summed E-state index contributed by atoms with van der Waals surface area (Å²) in [6.07, 6.45) is 9.42. The molecule has 1 unspecified atom stereocenters. The third-order valence-electron chi connectivity index (χ3n) is 4.90. The molecular formula is C16H30N2O. The van der Waals surface area contributed by atoms with E-state index in [4.69, 9.17) is 0 Å². The van der Waals surface area contributed by atoms with E-state index >= 15 is 0 Å². The molecule has 2 rings (SSSR count). The summed E-state index contributed by atoms with van der Waals surface area (Å²) in [6, 6.07) is 0.533. The Balaban J connectivity index is 1.96. The van der Waals surface area contributed by atoms with Crippen molar-refractivity contribution in [3.63, 3.8) is 0 Å². The van der Waals surface area contributed by atoms with Gasteiger partial charge in [0.1, 0.15) is 0 Å². The van der Waals surface area contributed by atoms with Gasteiger partial charge in [-0.3, -0.25) is 4.79 Å². The molecule has 0 radical (unpaired) electrons. The molecule has 1 heterocycles. The lowest BCUT2D eigenvalue weighted by molar-refractivity contribution is -0.141. The van der Waals surface area contributed by atoms with Crippen LogP contribution < -0.4 is 5.32 Å². The van der Waals surface area contributed by atoms with Crippen molar-refractivity contribution in [3.05, 3.63) is 0 Å². The summed E-state index contributed by atoms with van der Waals surface area (Å²) < 4.78 is 0. The van der Waals surface area contributed by atoms with E-state index in [2.05, 4.69) is 24.1 Å². The number of nitrogens with zero attached hydrogens (tertiary/aromatic N) is 1. The number of hydrogen-bond acceptors (Lipinski definition) is 2. The molecule has 1 N–H and O–H groups in total. The molecule has 19 heavy (non-hydrogen) atoms. The maximum atomic E-state index is 12.9. The molecule has 0 aromatic rings. The second-order valence-corrected chi connectivity index (χ2v) is 6.67. The first-order valence-corrected chi connectivity index (χ1v) is 8.18. The third kappa shape index (κ3) is 3.71. The molecule has 3 nitrogen and oxygen atoms in total. The van der Waals surface area contributed by atoms with Crippen LogP contribution in [0.15, 0.2) is 0 Å². The van der Waals surface area contributed by atoms with Crippen molar-refractivity contribution in [2.75, 3.05) is 19.6 Å². The normalized spacial score (nSPS) is 25.7. The van der Waals surface area contributed by atoms with Gasteiger partial charge in [0.2, 0.25) is 5.91 Å². The first kappa shape index (κ1) is 14.8. The Labute approximate surface area is 118 Å². The van der Waals surface area contributed by atoms with Crippen LogP contribution in [0.4, 0.5) is 0 Å². The second-order valence-electron chi connectivity index (χ2n) is 6.67. The molecule has 2 fully saturated rings. The minimum Gasteiger partial charge on any atom is -0.341 e. The quantitative estimate of drug-likeness (QED) is 0.801. The Kier molecular flexibility index (Phi) is 5.26. The van der Waals surface area contributed by atoms with Gasteiger partial charge in [-0.1, -0.05) is 33.1 Å². The van der Waals surface area contributed by atoms with Crippen molar-refractivity contribution in [1.82, 2.24) is 10.2 Å². The number of carbonyl (C=O) groups excluding carboxylic acids is 1. The van der Waals surface area contributed by atoms with Crippen LogP contribution in [0.5, 0.6) is 0 Å². The van der Waals surface area contributed by atoms with Crippen molar-refractivity contribution < 1.29 is 4.79 Å². The number of amides is 1. The van der Waals surface area contributed by atoms with Crippen LogP contribution in [0.3, 0.4) is 0 Å². The number of nitrogens with one attached hydrogen (secondary N) is 1. The van der Waals surface area contributed by atoms with E-state index in [1.165, 1.54) is 32.1 Å². The molecule has 1 amide bonds. The number of rotatable bonds is 6. The topological polar surface area (TPSA) is 32.3 Å². The van der Waals surface area contributed by atoms with Gasteiger partial charge >= 0.3 is 0 Å². The summed E-state index contributed by atoms with van der Waals surface area (Å²) in [5.74, 6) is 0.423. The molecule has 0 spiro atoms. The molecule has 3 heteroatoms. The van der Waals surface area contributed by atoms with E-state index in [9.17, 15) is 4.79 Å². The van der Waals surface area contributed by atoms with Gasteiger partial charge in [0.25, 0.3) is 0 Å². The van der Waals surface area contributed by atoms with Gasteiger partial charge in [-0.25, -0.2) is 0 Å². The van der Waals surface area contributed by atoms with Crippen LogP contribution in [-0.2, 0) is 4.79 Å². The third-order valence-corrected chi connectivity index (χ3v) is 4.90. The molecule has 110 valence electrons. The van der Waals surface area contributed by atoms with Crippen molar-refractivity contribution in [1.29, 1.82) is 0 Å². The molecule has 1 aliphatic carbocycles. The maximum absolute atomic E-state index is 12.9. The lowest BCUT2D eigenvalue weighted by Crippen LogP contribution is -2.47. The van der Waals surface area contributed by atoms with E-state index in [0.29, 0.717) is 11.9 Å². The second kappa shape index (κ2) is 6.74. The van der Waals surface area contributed by atoms with Crippen molar-refractivity contribution in [3.8, 4) is 0 Å². The Morgan fingerprint density at radius 2 is 2.05 bits per heavy atom. The van der Waals surface area contributed by atoms with Gasteiger partial charge in [0, 0.05) is 24.5 Å². The molecule has 0 aromatic carbocycles. The zero-order valence-corrected chi connectivity index (χ0v) is 12.7. The zero-order valence-electron chi connectivity index (χ0n) is 12.7. The fourth-order valence-corrected chi connectivity index (χ4v) is 3.55.